The molecule has 0 heterocycles. The normalized spacial score (nSPS) is 9.00. The van der Waals surface area contributed by atoms with Crippen LogP contribution in [0.15, 0.2) is 24.3 Å². The third kappa shape index (κ3) is 1.12. The van der Waals surface area contributed by atoms with E-state index in [0.717, 1.165) is 0 Å². The summed E-state index contributed by atoms with van der Waals surface area (Å²) in [5.74, 6) is 0.289. The second-order valence-corrected chi connectivity index (χ2v) is 1.63. The molecule has 0 unspecified atom stereocenters. The van der Waals surface area contributed by atoms with Crippen molar-refractivity contribution in [2.45, 2.75) is 0 Å². The van der Waals surface area contributed by atoms with Crippen molar-refractivity contribution < 1.29 is 10.1 Å². The molecule has 0 saturated carbocycles. The van der Waals surface area contributed by atoms with Crippen molar-refractivity contribution in [3.05, 3.63) is 24.3 Å². The van der Waals surface area contributed by atoms with E-state index in [1.54, 1.807) is 24.3 Å². The molecule has 0 aliphatic heterocycles. The molecule has 48 valence electrons. The Labute approximate surface area is 52.6 Å². The van der Waals surface area contributed by atoms with E-state index in [0.29, 0.717) is 5.69 Å². The largest absolute Gasteiger partial charge is 0.396 e. The van der Waals surface area contributed by atoms with Crippen LogP contribution in [0.5, 0.6) is 5.75 Å². The van der Waals surface area contributed by atoms with E-state index in [-0.39, 0.29) is 5.75 Å². The summed E-state index contributed by atoms with van der Waals surface area (Å²) in [5, 5.41) is 8.14. The van der Waals surface area contributed by atoms with Crippen molar-refractivity contribution in [2.75, 3.05) is 5.73 Å². The SMILES string of the molecule is Nc1ccccc1OO. The molecule has 9 heavy (non-hydrogen) atoms. The number of anilines is 1. The Hall–Kier alpha value is -1.22. The minimum atomic E-state index is 0.289. The molecule has 0 aliphatic carbocycles. The van der Waals surface area contributed by atoms with Crippen LogP contribution >= 0.6 is 0 Å². The fraction of sp³-hybridized carbons (Fsp3) is 0. The highest BCUT2D eigenvalue weighted by Crippen LogP contribution is 2.17. The van der Waals surface area contributed by atoms with Gasteiger partial charge in [-0.15, -0.1) is 0 Å². The van der Waals surface area contributed by atoms with E-state index >= 15 is 0 Å². The molecule has 0 aliphatic rings. The standard InChI is InChI=1S/C6H7NO2/c7-5-3-1-2-4-6(5)9-8/h1-4,8H,7H2. The number of hydrogen-bond donors (Lipinski definition) is 2. The minimum Gasteiger partial charge on any atom is -0.396 e. The zero-order chi connectivity index (χ0) is 6.69. The van der Waals surface area contributed by atoms with Crippen molar-refractivity contribution >= 4 is 5.69 Å². The van der Waals surface area contributed by atoms with Crippen LogP contribution in [0.25, 0.3) is 0 Å². The highest BCUT2D eigenvalue weighted by Gasteiger charge is 1.94. The second-order valence-electron chi connectivity index (χ2n) is 1.63. The molecule has 0 atom stereocenters. The summed E-state index contributed by atoms with van der Waals surface area (Å²) >= 11 is 0. The molecule has 0 saturated heterocycles. The molecule has 0 amide bonds. The van der Waals surface area contributed by atoms with Crippen LogP contribution in [0.1, 0.15) is 0 Å². The Bertz CT molecular complexity index is 200. The first kappa shape index (κ1) is 5.91. The van der Waals surface area contributed by atoms with Gasteiger partial charge in [-0.25, -0.2) is 5.26 Å². The number of nitrogens with two attached hydrogens (primary N) is 1. The van der Waals surface area contributed by atoms with Gasteiger partial charge in [0, 0.05) is 0 Å². The molecule has 0 radical (unpaired) electrons. The second kappa shape index (κ2) is 2.37. The Morgan fingerprint density at radius 1 is 1.33 bits per heavy atom. The summed E-state index contributed by atoms with van der Waals surface area (Å²) in [6.07, 6.45) is 0. The van der Waals surface area contributed by atoms with Crippen LogP contribution in [0.4, 0.5) is 5.69 Å². The van der Waals surface area contributed by atoms with Crippen LogP contribution in [-0.2, 0) is 0 Å². The third-order valence-corrected chi connectivity index (χ3v) is 1.02. The molecule has 1 rings (SSSR count). The lowest BCUT2D eigenvalue weighted by molar-refractivity contribution is -0.136. The van der Waals surface area contributed by atoms with E-state index < -0.39 is 0 Å². The van der Waals surface area contributed by atoms with Gasteiger partial charge in [-0.3, -0.25) is 0 Å². The molecular weight excluding hydrogens is 118 g/mol. The van der Waals surface area contributed by atoms with Crippen LogP contribution in [-0.4, -0.2) is 5.26 Å². The molecule has 0 bridgehead atoms. The Kier molecular flexibility index (Phi) is 1.55. The fourth-order valence-electron chi connectivity index (χ4n) is 0.564. The molecule has 3 heteroatoms. The maximum absolute atomic E-state index is 8.14. The Morgan fingerprint density at radius 2 is 2.00 bits per heavy atom. The Balaban J connectivity index is 3.01. The van der Waals surface area contributed by atoms with E-state index in [1.807, 2.05) is 0 Å². The van der Waals surface area contributed by atoms with Gasteiger partial charge in [-0.05, 0) is 12.1 Å². The van der Waals surface area contributed by atoms with Crippen LogP contribution in [0.3, 0.4) is 0 Å². The monoisotopic (exact) mass is 125 g/mol. The molecular formula is C6H7NO2. The molecule has 1 aromatic carbocycles. The quantitative estimate of drug-likeness (QED) is 0.336. The molecule has 3 nitrogen and oxygen atoms in total. The molecule has 0 spiro atoms. The number of para-hydroxylation sites is 2. The Morgan fingerprint density at radius 3 is 2.44 bits per heavy atom. The summed E-state index contributed by atoms with van der Waals surface area (Å²) in [6.45, 7) is 0. The molecule has 3 N–H and O–H groups in total. The number of benzene rings is 1. The average molecular weight is 125 g/mol. The van der Waals surface area contributed by atoms with Crippen molar-refractivity contribution in [3.63, 3.8) is 0 Å². The van der Waals surface area contributed by atoms with Gasteiger partial charge in [-0.2, -0.15) is 0 Å². The fourth-order valence-corrected chi connectivity index (χ4v) is 0.564. The predicted molar refractivity (Wildman–Crippen MR) is 34.1 cm³/mol. The average Bonchev–Trinajstić information content (AvgIpc) is 1.89. The van der Waals surface area contributed by atoms with Gasteiger partial charge in [0.05, 0.1) is 5.69 Å². The first-order chi connectivity index (χ1) is 4.34. The van der Waals surface area contributed by atoms with Gasteiger partial charge >= 0.3 is 0 Å². The summed E-state index contributed by atoms with van der Waals surface area (Å²) < 4.78 is 0. The topological polar surface area (TPSA) is 55.5 Å². The number of hydrogen-bond acceptors (Lipinski definition) is 3. The highest BCUT2D eigenvalue weighted by atomic mass is 17.1. The van der Waals surface area contributed by atoms with Crippen LogP contribution in [0, 0.1) is 0 Å². The maximum Gasteiger partial charge on any atom is 0.187 e. The zero-order valence-corrected chi connectivity index (χ0v) is 4.74. The molecule has 0 fully saturated rings. The highest BCUT2D eigenvalue weighted by molar-refractivity contribution is 5.51. The van der Waals surface area contributed by atoms with Crippen molar-refractivity contribution in [1.82, 2.24) is 0 Å². The third-order valence-electron chi connectivity index (χ3n) is 1.02. The summed E-state index contributed by atoms with van der Waals surface area (Å²) in [5.41, 5.74) is 5.78. The minimum absolute atomic E-state index is 0.289. The number of nitrogen functional groups attached to an aromatic ring is 1. The predicted octanol–water partition coefficient (Wildman–Crippen LogP) is 1.12. The van der Waals surface area contributed by atoms with Crippen molar-refractivity contribution in [2.24, 2.45) is 0 Å². The first-order valence-corrected chi connectivity index (χ1v) is 2.50. The summed E-state index contributed by atoms with van der Waals surface area (Å²) in [6, 6.07) is 6.71. The lowest BCUT2D eigenvalue weighted by atomic mass is 10.3. The van der Waals surface area contributed by atoms with Gasteiger partial charge in [0.1, 0.15) is 0 Å². The van der Waals surface area contributed by atoms with Crippen LogP contribution in [0.2, 0.25) is 0 Å². The van der Waals surface area contributed by atoms with E-state index in [9.17, 15) is 0 Å². The van der Waals surface area contributed by atoms with Gasteiger partial charge in [-0.1, -0.05) is 12.1 Å². The van der Waals surface area contributed by atoms with E-state index in [1.165, 1.54) is 0 Å². The summed E-state index contributed by atoms with van der Waals surface area (Å²) in [4.78, 5) is 3.92. The maximum atomic E-state index is 8.14. The lowest BCUT2D eigenvalue weighted by Crippen LogP contribution is -1.90. The first-order valence-electron chi connectivity index (χ1n) is 2.50. The van der Waals surface area contributed by atoms with Gasteiger partial charge in [0.25, 0.3) is 0 Å². The van der Waals surface area contributed by atoms with E-state index in [4.69, 9.17) is 11.0 Å². The van der Waals surface area contributed by atoms with E-state index in [2.05, 4.69) is 4.89 Å². The zero-order valence-electron chi connectivity index (χ0n) is 4.74. The van der Waals surface area contributed by atoms with Crippen LogP contribution < -0.4 is 10.6 Å². The lowest BCUT2D eigenvalue weighted by Gasteiger charge is -1.97. The van der Waals surface area contributed by atoms with Gasteiger partial charge in [0.15, 0.2) is 5.75 Å². The molecule has 1 aromatic rings. The van der Waals surface area contributed by atoms with Gasteiger partial charge in [0.2, 0.25) is 0 Å². The number of rotatable bonds is 1. The smallest absolute Gasteiger partial charge is 0.187 e. The van der Waals surface area contributed by atoms with Crippen molar-refractivity contribution in [1.29, 1.82) is 0 Å². The summed E-state index contributed by atoms with van der Waals surface area (Å²) in [7, 11) is 0. The van der Waals surface area contributed by atoms with Crippen molar-refractivity contribution in [3.8, 4) is 5.75 Å². The van der Waals surface area contributed by atoms with Gasteiger partial charge < -0.3 is 10.6 Å². The molecule has 0 aromatic heterocycles.